The second-order valence-electron chi connectivity index (χ2n) is 4.04. The quantitative estimate of drug-likeness (QED) is 0.339. The second kappa shape index (κ2) is 8.02. The average molecular weight is 267 g/mol. The molecule has 7 nitrogen and oxygen atoms in total. The second-order valence-corrected chi connectivity index (χ2v) is 4.04. The van der Waals surface area contributed by atoms with Crippen molar-refractivity contribution < 1.29 is 14.1 Å². The average Bonchev–Trinajstić information content (AvgIpc) is 2.84. The molecule has 0 spiro atoms. The van der Waals surface area contributed by atoms with E-state index in [1.807, 2.05) is 0 Å². The summed E-state index contributed by atoms with van der Waals surface area (Å²) in [7, 11) is 0. The molecular weight excluding hydrogens is 250 g/mol. The first-order valence-electron chi connectivity index (χ1n) is 6.19. The van der Waals surface area contributed by atoms with E-state index in [1.165, 1.54) is 18.3 Å². The Balaban J connectivity index is 2.28. The SMILES string of the molecule is CCCCCCC(=O)NN=Cc1ccc([N+](=O)[O-])o1. The molecule has 104 valence electrons. The van der Waals surface area contributed by atoms with E-state index in [4.69, 9.17) is 4.42 Å². The molecule has 0 unspecified atom stereocenters. The Kier molecular flexibility index (Phi) is 6.28. The van der Waals surface area contributed by atoms with Crippen molar-refractivity contribution in [2.45, 2.75) is 39.0 Å². The fourth-order valence-corrected chi connectivity index (χ4v) is 1.45. The molecule has 0 fully saturated rings. The first-order chi connectivity index (χ1) is 9.13. The van der Waals surface area contributed by atoms with Crippen molar-refractivity contribution in [1.29, 1.82) is 0 Å². The Morgan fingerprint density at radius 1 is 1.47 bits per heavy atom. The fourth-order valence-electron chi connectivity index (χ4n) is 1.45. The minimum Gasteiger partial charge on any atom is -0.400 e. The van der Waals surface area contributed by atoms with Crippen molar-refractivity contribution >= 4 is 18.0 Å². The van der Waals surface area contributed by atoms with Gasteiger partial charge < -0.3 is 4.42 Å². The van der Waals surface area contributed by atoms with Gasteiger partial charge in [0.1, 0.15) is 4.92 Å². The van der Waals surface area contributed by atoms with E-state index in [-0.39, 0.29) is 17.6 Å². The van der Waals surface area contributed by atoms with E-state index in [9.17, 15) is 14.9 Å². The molecule has 0 aromatic carbocycles. The lowest BCUT2D eigenvalue weighted by atomic mass is 10.1. The number of nitro groups is 1. The zero-order valence-electron chi connectivity index (χ0n) is 10.8. The van der Waals surface area contributed by atoms with Gasteiger partial charge in [0.15, 0.2) is 5.76 Å². The van der Waals surface area contributed by atoms with Crippen LogP contribution in [0.5, 0.6) is 0 Å². The van der Waals surface area contributed by atoms with Gasteiger partial charge in [-0.25, -0.2) is 5.43 Å². The predicted molar refractivity (Wildman–Crippen MR) is 69.9 cm³/mol. The van der Waals surface area contributed by atoms with E-state index in [0.717, 1.165) is 25.7 Å². The van der Waals surface area contributed by atoms with Crippen molar-refractivity contribution in [3.8, 4) is 0 Å². The minimum absolute atomic E-state index is 0.173. The van der Waals surface area contributed by atoms with Crippen molar-refractivity contribution in [2.24, 2.45) is 5.10 Å². The van der Waals surface area contributed by atoms with Gasteiger partial charge >= 0.3 is 5.88 Å². The number of furan rings is 1. The number of rotatable bonds is 8. The highest BCUT2D eigenvalue weighted by molar-refractivity contribution is 5.80. The summed E-state index contributed by atoms with van der Waals surface area (Å²) >= 11 is 0. The summed E-state index contributed by atoms with van der Waals surface area (Å²) in [6.45, 7) is 2.10. The highest BCUT2D eigenvalue weighted by Crippen LogP contribution is 2.13. The minimum atomic E-state index is -0.635. The van der Waals surface area contributed by atoms with E-state index in [2.05, 4.69) is 17.5 Å². The molecule has 1 rings (SSSR count). The Morgan fingerprint density at radius 3 is 2.89 bits per heavy atom. The van der Waals surface area contributed by atoms with Crippen LogP contribution < -0.4 is 5.43 Å². The molecule has 0 saturated heterocycles. The number of hydrogen-bond acceptors (Lipinski definition) is 5. The summed E-state index contributed by atoms with van der Waals surface area (Å²) in [4.78, 5) is 21.1. The maximum Gasteiger partial charge on any atom is 0.433 e. The highest BCUT2D eigenvalue weighted by Gasteiger charge is 2.10. The highest BCUT2D eigenvalue weighted by atomic mass is 16.6. The summed E-state index contributed by atoms with van der Waals surface area (Å²) in [5.41, 5.74) is 2.35. The number of nitrogens with zero attached hydrogens (tertiary/aromatic N) is 2. The molecule has 0 radical (unpaired) electrons. The van der Waals surface area contributed by atoms with E-state index >= 15 is 0 Å². The van der Waals surface area contributed by atoms with Gasteiger partial charge in [0.25, 0.3) is 0 Å². The van der Waals surface area contributed by atoms with Crippen LogP contribution in [0.4, 0.5) is 5.88 Å². The van der Waals surface area contributed by atoms with Crippen molar-refractivity contribution in [2.75, 3.05) is 0 Å². The van der Waals surface area contributed by atoms with Crippen molar-refractivity contribution in [3.05, 3.63) is 28.0 Å². The molecule has 7 heteroatoms. The maximum absolute atomic E-state index is 11.3. The Labute approximate surface area is 110 Å². The molecule has 0 saturated carbocycles. The fraction of sp³-hybridized carbons (Fsp3) is 0.500. The van der Waals surface area contributed by atoms with Gasteiger partial charge in [0, 0.05) is 6.42 Å². The third kappa shape index (κ3) is 5.80. The molecule has 1 heterocycles. The summed E-state index contributed by atoms with van der Waals surface area (Å²) in [6.07, 6.45) is 5.76. The van der Waals surface area contributed by atoms with Crippen LogP contribution in [0, 0.1) is 10.1 Å². The number of hydrogen-bond donors (Lipinski definition) is 1. The van der Waals surface area contributed by atoms with Crippen molar-refractivity contribution in [1.82, 2.24) is 5.43 Å². The van der Waals surface area contributed by atoms with Gasteiger partial charge in [-0.2, -0.15) is 5.10 Å². The van der Waals surface area contributed by atoms with Crippen LogP contribution >= 0.6 is 0 Å². The number of hydrazone groups is 1. The molecule has 0 aliphatic rings. The normalized spacial score (nSPS) is 10.8. The number of carbonyl (C=O) groups excluding carboxylic acids is 1. The summed E-state index contributed by atoms with van der Waals surface area (Å²) in [6, 6.07) is 2.64. The van der Waals surface area contributed by atoms with Gasteiger partial charge in [-0.3, -0.25) is 14.9 Å². The zero-order chi connectivity index (χ0) is 14.1. The van der Waals surface area contributed by atoms with E-state index in [0.29, 0.717) is 6.42 Å². The Bertz CT molecular complexity index is 454. The lowest BCUT2D eigenvalue weighted by Gasteiger charge is -1.98. The molecular formula is C12H17N3O4. The Hall–Kier alpha value is -2.18. The smallest absolute Gasteiger partial charge is 0.400 e. The van der Waals surface area contributed by atoms with Crippen LogP contribution in [0.15, 0.2) is 21.7 Å². The van der Waals surface area contributed by atoms with Crippen LogP contribution in [0.25, 0.3) is 0 Å². The molecule has 1 amide bonds. The monoisotopic (exact) mass is 267 g/mol. The number of nitrogens with one attached hydrogen (secondary N) is 1. The molecule has 1 aromatic rings. The lowest BCUT2D eigenvalue weighted by molar-refractivity contribution is -0.402. The summed E-state index contributed by atoms with van der Waals surface area (Å²) < 4.78 is 4.84. The summed E-state index contributed by atoms with van der Waals surface area (Å²) in [5, 5.41) is 14.0. The topological polar surface area (TPSA) is 97.7 Å². The third-order valence-corrected chi connectivity index (χ3v) is 2.43. The standard InChI is InChI=1S/C12H17N3O4/c1-2-3-4-5-6-11(16)14-13-9-10-7-8-12(19-10)15(17)18/h7-9H,2-6H2,1H3,(H,14,16). The molecule has 0 atom stereocenters. The molecule has 19 heavy (non-hydrogen) atoms. The number of unbranched alkanes of at least 4 members (excludes halogenated alkanes) is 3. The van der Waals surface area contributed by atoms with E-state index < -0.39 is 4.92 Å². The van der Waals surface area contributed by atoms with Gasteiger partial charge in [0.2, 0.25) is 5.91 Å². The first kappa shape index (κ1) is 14.9. The van der Waals surface area contributed by atoms with Gasteiger partial charge in [-0.1, -0.05) is 26.2 Å². The first-order valence-corrected chi connectivity index (χ1v) is 6.19. The maximum atomic E-state index is 11.3. The molecule has 0 aliphatic heterocycles. The van der Waals surface area contributed by atoms with Crippen LogP contribution in [-0.4, -0.2) is 17.0 Å². The number of amides is 1. The van der Waals surface area contributed by atoms with E-state index in [1.54, 1.807) is 0 Å². The van der Waals surface area contributed by atoms with Gasteiger partial charge in [-0.05, 0) is 12.5 Å². The third-order valence-electron chi connectivity index (χ3n) is 2.43. The van der Waals surface area contributed by atoms with Crippen LogP contribution in [-0.2, 0) is 4.79 Å². The van der Waals surface area contributed by atoms with Crippen LogP contribution in [0.1, 0.15) is 44.8 Å². The Morgan fingerprint density at radius 2 is 2.26 bits per heavy atom. The zero-order valence-corrected chi connectivity index (χ0v) is 10.8. The number of carbonyl (C=O) groups is 1. The van der Waals surface area contributed by atoms with Gasteiger partial charge in [0.05, 0.1) is 12.3 Å². The van der Waals surface area contributed by atoms with Crippen LogP contribution in [0.2, 0.25) is 0 Å². The van der Waals surface area contributed by atoms with Crippen molar-refractivity contribution in [3.63, 3.8) is 0 Å². The summed E-state index contributed by atoms with van der Waals surface area (Å²) in [5.74, 6) is -0.307. The molecule has 1 aromatic heterocycles. The molecule has 0 bridgehead atoms. The molecule has 1 N–H and O–H groups in total. The molecule has 0 aliphatic carbocycles. The predicted octanol–water partition coefficient (Wildman–Crippen LogP) is 2.61. The van der Waals surface area contributed by atoms with Crippen LogP contribution in [0.3, 0.4) is 0 Å². The lowest BCUT2D eigenvalue weighted by Crippen LogP contribution is -2.16. The largest absolute Gasteiger partial charge is 0.433 e. The van der Waals surface area contributed by atoms with Gasteiger partial charge in [-0.15, -0.1) is 0 Å².